The van der Waals surface area contributed by atoms with E-state index in [0.29, 0.717) is 5.95 Å². The average molecular weight is 277 g/mol. The summed E-state index contributed by atoms with van der Waals surface area (Å²) in [5, 5.41) is 6.67. The summed E-state index contributed by atoms with van der Waals surface area (Å²) in [6, 6.07) is 1.94. The van der Waals surface area contributed by atoms with E-state index < -0.39 is 0 Å². The zero-order valence-electron chi connectivity index (χ0n) is 12.7. The molecule has 4 N–H and O–H groups in total. The third-order valence-electron chi connectivity index (χ3n) is 3.92. The van der Waals surface area contributed by atoms with Crippen LogP contribution in [0, 0.1) is 11.8 Å². The van der Waals surface area contributed by atoms with Crippen molar-refractivity contribution < 1.29 is 0 Å². The molecule has 1 heterocycles. The lowest BCUT2D eigenvalue weighted by Gasteiger charge is -2.27. The fourth-order valence-electron chi connectivity index (χ4n) is 2.89. The van der Waals surface area contributed by atoms with Crippen molar-refractivity contribution in [3.63, 3.8) is 0 Å². The second-order valence-electron chi connectivity index (χ2n) is 5.94. The molecule has 0 amide bonds. The Balaban J connectivity index is 1.89. The van der Waals surface area contributed by atoms with Crippen LogP contribution >= 0.6 is 0 Å². The van der Waals surface area contributed by atoms with E-state index in [-0.39, 0.29) is 0 Å². The molecule has 1 aromatic rings. The highest BCUT2D eigenvalue weighted by Crippen LogP contribution is 2.28. The highest BCUT2D eigenvalue weighted by atomic mass is 15.1. The molecule has 2 atom stereocenters. The molecule has 2 unspecified atom stereocenters. The molecule has 1 saturated carbocycles. The Kier molecular flexibility index (Phi) is 5.44. The van der Waals surface area contributed by atoms with Crippen LogP contribution in [-0.2, 0) is 0 Å². The highest BCUT2D eigenvalue weighted by Gasteiger charge is 2.18. The molecule has 0 spiro atoms. The van der Waals surface area contributed by atoms with Crippen molar-refractivity contribution >= 4 is 17.6 Å². The number of rotatable bonds is 6. The summed E-state index contributed by atoms with van der Waals surface area (Å²) in [7, 11) is 0. The third-order valence-corrected chi connectivity index (χ3v) is 3.92. The van der Waals surface area contributed by atoms with Crippen LogP contribution in [-0.4, -0.2) is 23.1 Å². The van der Waals surface area contributed by atoms with Crippen LogP contribution in [0.5, 0.6) is 0 Å². The molecule has 1 aromatic heterocycles. The maximum atomic E-state index is 5.76. The molecule has 0 bridgehead atoms. The van der Waals surface area contributed by atoms with Crippen LogP contribution in [0.3, 0.4) is 0 Å². The van der Waals surface area contributed by atoms with Crippen LogP contribution < -0.4 is 16.4 Å². The Labute approximate surface area is 121 Å². The quantitative estimate of drug-likeness (QED) is 0.745. The first kappa shape index (κ1) is 14.9. The summed E-state index contributed by atoms with van der Waals surface area (Å²) >= 11 is 0. The Bertz CT molecular complexity index is 421. The molecule has 0 aliphatic heterocycles. The maximum Gasteiger partial charge on any atom is 0.223 e. The number of aromatic nitrogens is 2. The van der Waals surface area contributed by atoms with E-state index in [0.717, 1.165) is 43.0 Å². The van der Waals surface area contributed by atoms with Gasteiger partial charge in [0.05, 0.1) is 0 Å². The lowest BCUT2D eigenvalue weighted by Crippen LogP contribution is -2.21. The average Bonchev–Trinajstić information content (AvgIpc) is 2.42. The van der Waals surface area contributed by atoms with Crippen molar-refractivity contribution in [2.45, 2.75) is 46.0 Å². The molecule has 1 aliphatic rings. The molecule has 20 heavy (non-hydrogen) atoms. The van der Waals surface area contributed by atoms with E-state index in [1.165, 1.54) is 25.7 Å². The molecule has 5 heteroatoms. The van der Waals surface area contributed by atoms with Crippen molar-refractivity contribution in [1.29, 1.82) is 0 Å². The minimum Gasteiger partial charge on any atom is -0.370 e. The molecular formula is C15H27N5. The smallest absolute Gasteiger partial charge is 0.223 e. The summed E-state index contributed by atoms with van der Waals surface area (Å²) in [6.45, 7) is 6.35. The van der Waals surface area contributed by atoms with Gasteiger partial charge in [-0.05, 0) is 31.1 Å². The summed E-state index contributed by atoms with van der Waals surface area (Å²) in [6.07, 6.45) is 6.42. The van der Waals surface area contributed by atoms with Crippen LogP contribution in [0.1, 0.15) is 46.0 Å². The van der Waals surface area contributed by atoms with E-state index in [2.05, 4.69) is 34.4 Å². The summed E-state index contributed by atoms with van der Waals surface area (Å²) in [4.78, 5) is 8.45. The van der Waals surface area contributed by atoms with E-state index in [4.69, 9.17) is 5.73 Å². The lowest BCUT2D eigenvalue weighted by molar-refractivity contribution is 0.293. The number of nitrogens with one attached hydrogen (secondary N) is 2. The predicted octanol–water partition coefficient (Wildman–Crippen LogP) is 3.12. The van der Waals surface area contributed by atoms with Gasteiger partial charge in [-0.25, -0.2) is 0 Å². The van der Waals surface area contributed by atoms with Crippen molar-refractivity contribution in [2.75, 3.05) is 29.5 Å². The predicted molar refractivity (Wildman–Crippen MR) is 84.8 cm³/mol. The zero-order chi connectivity index (χ0) is 14.4. The maximum absolute atomic E-state index is 5.76. The Morgan fingerprint density at radius 3 is 2.70 bits per heavy atom. The zero-order valence-corrected chi connectivity index (χ0v) is 12.7. The van der Waals surface area contributed by atoms with Gasteiger partial charge in [0.15, 0.2) is 0 Å². The van der Waals surface area contributed by atoms with Gasteiger partial charge in [-0.1, -0.05) is 26.7 Å². The Hall–Kier alpha value is -1.52. The minimum absolute atomic E-state index is 0.325. The Morgan fingerprint density at radius 1 is 1.25 bits per heavy atom. The van der Waals surface area contributed by atoms with Crippen LogP contribution in [0.2, 0.25) is 0 Å². The summed E-state index contributed by atoms with van der Waals surface area (Å²) in [5.74, 6) is 3.56. The SMILES string of the molecule is CCCNc1cc(NCC2CCCC(C)C2)nc(N)n1. The van der Waals surface area contributed by atoms with Crippen molar-refractivity contribution in [3.05, 3.63) is 6.07 Å². The third kappa shape index (κ3) is 4.54. The van der Waals surface area contributed by atoms with Gasteiger partial charge in [0.25, 0.3) is 0 Å². The van der Waals surface area contributed by atoms with Crippen molar-refractivity contribution in [2.24, 2.45) is 11.8 Å². The number of nitrogens with zero attached hydrogens (tertiary/aromatic N) is 2. The molecule has 1 fully saturated rings. The molecule has 1 aliphatic carbocycles. The minimum atomic E-state index is 0.325. The first-order valence-electron chi connectivity index (χ1n) is 7.79. The molecule has 0 saturated heterocycles. The summed E-state index contributed by atoms with van der Waals surface area (Å²) < 4.78 is 0. The van der Waals surface area contributed by atoms with E-state index in [9.17, 15) is 0 Å². The van der Waals surface area contributed by atoms with Crippen LogP contribution in [0.25, 0.3) is 0 Å². The fourth-order valence-corrected chi connectivity index (χ4v) is 2.89. The number of hydrogen-bond donors (Lipinski definition) is 3. The number of hydrogen-bond acceptors (Lipinski definition) is 5. The normalized spacial score (nSPS) is 22.5. The summed E-state index contributed by atoms with van der Waals surface area (Å²) in [5.41, 5.74) is 5.76. The number of nitrogens with two attached hydrogens (primary N) is 1. The van der Waals surface area contributed by atoms with E-state index in [1.807, 2.05) is 6.07 Å². The van der Waals surface area contributed by atoms with Crippen molar-refractivity contribution in [1.82, 2.24) is 9.97 Å². The van der Waals surface area contributed by atoms with Gasteiger partial charge in [0.2, 0.25) is 5.95 Å². The van der Waals surface area contributed by atoms with Gasteiger partial charge in [0.1, 0.15) is 11.6 Å². The number of anilines is 3. The van der Waals surface area contributed by atoms with Gasteiger partial charge in [-0.2, -0.15) is 9.97 Å². The lowest BCUT2D eigenvalue weighted by atomic mass is 9.82. The molecule has 2 rings (SSSR count). The van der Waals surface area contributed by atoms with Gasteiger partial charge in [0, 0.05) is 19.2 Å². The van der Waals surface area contributed by atoms with Crippen LogP contribution in [0.15, 0.2) is 6.07 Å². The van der Waals surface area contributed by atoms with Crippen LogP contribution in [0.4, 0.5) is 17.6 Å². The monoisotopic (exact) mass is 277 g/mol. The van der Waals surface area contributed by atoms with Gasteiger partial charge in [-0.15, -0.1) is 0 Å². The first-order chi connectivity index (χ1) is 9.67. The second-order valence-corrected chi connectivity index (χ2v) is 5.94. The molecular weight excluding hydrogens is 250 g/mol. The molecule has 112 valence electrons. The topological polar surface area (TPSA) is 75.9 Å². The Morgan fingerprint density at radius 2 is 2.00 bits per heavy atom. The number of nitrogen functional groups attached to an aromatic ring is 1. The van der Waals surface area contributed by atoms with Gasteiger partial charge >= 0.3 is 0 Å². The second kappa shape index (κ2) is 7.31. The molecule has 0 aromatic carbocycles. The van der Waals surface area contributed by atoms with Crippen molar-refractivity contribution in [3.8, 4) is 0 Å². The largest absolute Gasteiger partial charge is 0.370 e. The van der Waals surface area contributed by atoms with E-state index >= 15 is 0 Å². The van der Waals surface area contributed by atoms with Gasteiger partial charge < -0.3 is 16.4 Å². The van der Waals surface area contributed by atoms with Gasteiger partial charge in [-0.3, -0.25) is 0 Å². The fraction of sp³-hybridized carbons (Fsp3) is 0.733. The standard InChI is InChI=1S/C15H27N5/c1-3-7-17-13-9-14(20-15(16)19-13)18-10-12-6-4-5-11(2)8-12/h9,11-12H,3-8,10H2,1-2H3,(H4,16,17,18,19,20). The molecule has 5 nitrogen and oxygen atoms in total. The first-order valence-corrected chi connectivity index (χ1v) is 7.79. The van der Waals surface area contributed by atoms with E-state index in [1.54, 1.807) is 0 Å². The molecule has 0 radical (unpaired) electrons. The highest BCUT2D eigenvalue weighted by molar-refractivity contribution is 5.50.